The lowest BCUT2D eigenvalue weighted by atomic mass is 10.1. The van der Waals surface area contributed by atoms with Crippen LogP contribution in [0.25, 0.3) is 0 Å². The molecule has 0 spiro atoms. The summed E-state index contributed by atoms with van der Waals surface area (Å²) in [6, 6.07) is 0. The van der Waals surface area contributed by atoms with E-state index in [0.717, 1.165) is 0 Å². The van der Waals surface area contributed by atoms with E-state index in [1.54, 1.807) is 0 Å². The second-order valence-corrected chi connectivity index (χ2v) is 1.86. The average Bonchev–Trinajstić information content (AvgIpc) is 1.88. The maximum absolute atomic E-state index is 3.70. The molecule has 0 heterocycles. The molecule has 0 aromatic carbocycles. The normalized spacial score (nSPS) is 11.9. The van der Waals surface area contributed by atoms with Crippen LogP contribution in [-0.2, 0) is 0 Å². The molecule has 0 aliphatic heterocycles. The van der Waals surface area contributed by atoms with Gasteiger partial charge in [0.05, 0.1) is 0 Å². The van der Waals surface area contributed by atoms with E-state index >= 15 is 0 Å². The Balaban J connectivity index is 3.82. The van der Waals surface area contributed by atoms with Crippen molar-refractivity contribution >= 4 is 0 Å². The summed E-state index contributed by atoms with van der Waals surface area (Å²) >= 11 is 0. The highest BCUT2D eigenvalue weighted by atomic mass is 13.9. The van der Waals surface area contributed by atoms with E-state index in [2.05, 4.69) is 18.7 Å². The molecule has 0 saturated heterocycles. The van der Waals surface area contributed by atoms with Crippen molar-refractivity contribution < 1.29 is 0 Å². The Bertz CT molecular complexity index is 106. The Morgan fingerprint density at radius 2 is 1.56 bits per heavy atom. The van der Waals surface area contributed by atoms with Gasteiger partial charge in [0.15, 0.2) is 0 Å². The highest BCUT2D eigenvalue weighted by Gasteiger charge is 1.87. The van der Waals surface area contributed by atoms with Gasteiger partial charge < -0.3 is 0 Å². The third kappa shape index (κ3) is 3.77. The molecule has 0 aromatic rings. The van der Waals surface area contributed by atoms with Gasteiger partial charge in [-0.3, -0.25) is 0 Å². The first-order valence-corrected chi connectivity index (χ1v) is 3.23. The molecule has 0 radical (unpaired) electrons. The zero-order valence-electron chi connectivity index (χ0n) is 6.17. The number of rotatable bonds is 3. The van der Waals surface area contributed by atoms with E-state index in [-0.39, 0.29) is 0 Å². The van der Waals surface area contributed by atoms with Crippen LogP contribution in [0.5, 0.6) is 0 Å². The van der Waals surface area contributed by atoms with Gasteiger partial charge in [-0.25, -0.2) is 0 Å². The summed E-state index contributed by atoms with van der Waals surface area (Å²) in [7, 11) is 0. The van der Waals surface area contributed by atoms with Crippen LogP contribution in [0.15, 0.2) is 37.0 Å². The second kappa shape index (κ2) is 5.36. The minimum absolute atomic E-state index is 0.417. The highest BCUT2D eigenvalue weighted by Crippen LogP contribution is 2.01. The van der Waals surface area contributed by atoms with Crippen LogP contribution < -0.4 is 0 Å². The van der Waals surface area contributed by atoms with Crippen molar-refractivity contribution in [3.8, 4) is 0 Å². The molecular weight excluding hydrogens is 108 g/mol. The Kier molecular flexibility index (Phi) is 4.89. The molecular formula is C9H14. The van der Waals surface area contributed by atoms with Gasteiger partial charge in [-0.2, -0.15) is 0 Å². The first kappa shape index (κ1) is 8.22. The third-order valence-electron chi connectivity index (χ3n) is 1.10. The molecule has 0 aromatic heterocycles. The molecule has 0 unspecified atom stereocenters. The smallest absolute Gasteiger partial charge is 0.0124 e. The van der Waals surface area contributed by atoms with Gasteiger partial charge in [0.1, 0.15) is 0 Å². The fourth-order valence-corrected chi connectivity index (χ4v) is 0.666. The van der Waals surface area contributed by atoms with E-state index in [9.17, 15) is 0 Å². The topological polar surface area (TPSA) is 0 Å². The van der Waals surface area contributed by atoms with Gasteiger partial charge in [0.2, 0.25) is 0 Å². The van der Waals surface area contributed by atoms with Crippen LogP contribution >= 0.6 is 0 Å². The number of hydrogen-bond donors (Lipinski definition) is 0. The van der Waals surface area contributed by atoms with Gasteiger partial charge >= 0.3 is 0 Å². The maximum Gasteiger partial charge on any atom is 0.0124 e. The van der Waals surface area contributed by atoms with Crippen molar-refractivity contribution in [2.45, 2.75) is 13.8 Å². The van der Waals surface area contributed by atoms with E-state index < -0.39 is 0 Å². The largest absolute Gasteiger partial charge is 0.102 e. The molecule has 0 heteroatoms. The summed E-state index contributed by atoms with van der Waals surface area (Å²) in [5.41, 5.74) is 0. The molecule has 0 rings (SSSR count). The molecule has 0 atom stereocenters. The van der Waals surface area contributed by atoms with Crippen molar-refractivity contribution in [3.05, 3.63) is 37.0 Å². The Morgan fingerprint density at radius 3 is 1.78 bits per heavy atom. The standard InChI is InChI=1S/C9H14/c1-4-7-9(6-3)8-5-2/h4-9H,3H2,1-2H3/b7-4-,8-5-. The van der Waals surface area contributed by atoms with Crippen LogP contribution in [0.4, 0.5) is 0 Å². The molecule has 0 aliphatic carbocycles. The van der Waals surface area contributed by atoms with Gasteiger partial charge in [-0.15, -0.1) is 6.58 Å². The Hall–Kier alpha value is -0.780. The number of hydrogen-bond acceptors (Lipinski definition) is 0. The summed E-state index contributed by atoms with van der Waals surface area (Å²) in [6.07, 6.45) is 10.2. The first-order chi connectivity index (χ1) is 4.35. The van der Waals surface area contributed by atoms with Crippen molar-refractivity contribution in [3.63, 3.8) is 0 Å². The first-order valence-electron chi connectivity index (χ1n) is 3.23. The van der Waals surface area contributed by atoms with E-state index in [0.29, 0.717) is 5.92 Å². The van der Waals surface area contributed by atoms with Crippen LogP contribution in [0, 0.1) is 5.92 Å². The zero-order valence-corrected chi connectivity index (χ0v) is 6.17. The Labute approximate surface area is 57.6 Å². The quantitative estimate of drug-likeness (QED) is 0.505. The van der Waals surface area contributed by atoms with Gasteiger partial charge in [-0.1, -0.05) is 30.4 Å². The molecule has 0 N–H and O–H groups in total. The van der Waals surface area contributed by atoms with Crippen molar-refractivity contribution in [2.24, 2.45) is 5.92 Å². The lowest BCUT2D eigenvalue weighted by Gasteiger charge is -1.95. The lowest BCUT2D eigenvalue weighted by Crippen LogP contribution is -1.81. The third-order valence-corrected chi connectivity index (χ3v) is 1.10. The molecule has 9 heavy (non-hydrogen) atoms. The SMILES string of the molecule is C=CC(/C=C\C)/C=C\C. The van der Waals surface area contributed by atoms with Crippen LogP contribution in [-0.4, -0.2) is 0 Å². The minimum Gasteiger partial charge on any atom is -0.102 e. The van der Waals surface area contributed by atoms with Crippen LogP contribution in [0.1, 0.15) is 13.8 Å². The molecule has 0 nitrogen and oxygen atoms in total. The molecule has 50 valence electrons. The summed E-state index contributed by atoms with van der Waals surface area (Å²) in [4.78, 5) is 0. The molecule has 0 amide bonds. The monoisotopic (exact) mass is 122 g/mol. The molecule has 0 bridgehead atoms. The summed E-state index contributed by atoms with van der Waals surface area (Å²) in [5, 5.41) is 0. The second-order valence-electron chi connectivity index (χ2n) is 1.86. The average molecular weight is 122 g/mol. The van der Waals surface area contributed by atoms with Gasteiger partial charge in [-0.05, 0) is 13.8 Å². The minimum atomic E-state index is 0.417. The summed E-state index contributed by atoms with van der Waals surface area (Å²) in [5.74, 6) is 0.417. The van der Waals surface area contributed by atoms with Crippen molar-refractivity contribution in [1.82, 2.24) is 0 Å². The fourth-order valence-electron chi connectivity index (χ4n) is 0.666. The van der Waals surface area contributed by atoms with Gasteiger partial charge in [0, 0.05) is 5.92 Å². The maximum atomic E-state index is 3.70. The van der Waals surface area contributed by atoms with Crippen LogP contribution in [0.3, 0.4) is 0 Å². The lowest BCUT2D eigenvalue weighted by molar-refractivity contribution is 1.06. The van der Waals surface area contributed by atoms with E-state index in [1.165, 1.54) is 0 Å². The molecule has 0 saturated carbocycles. The Morgan fingerprint density at radius 1 is 1.11 bits per heavy atom. The number of allylic oxidation sites excluding steroid dienone is 5. The summed E-state index contributed by atoms with van der Waals surface area (Å²) in [6.45, 7) is 7.72. The zero-order chi connectivity index (χ0) is 7.11. The molecule has 0 aliphatic rings. The fraction of sp³-hybridized carbons (Fsp3) is 0.333. The predicted molar refractivity (Wildman–Crippen MR) is 43.3 cm³/mol. The van der Waals surface area contributed by atoms with Crippen molar-refractivity contribution in [1.29, 1.82) is 0 Å². The summed E-state index contributed by atoms with van der Waals surface area (Å²) < 4.78 is 0. The van der Waals surface area contributed by atoms with Gasteiger partial charge in [0.25, 0.3) is 0 Å². The van der Waals surface area contributed by atoms with E-state index in [4.69, 9.17) is 0 Å². The van der Waals surface area contributed by atoms with Crippen molar-refractivity contribution in [2.75, 3.05) is 0 Å². The predicted octanol–water partition coefficient (Wildman–Crippen LogP) is 2.94. The molecule has 0 fully saturated rings. The van der Waals surface area contributed by atoms with Crippen LogP contribution in [0.2, 0.25) is 0 Å². The van der Waals surface area contributed by atoms with E-state index in [1.807, 2.05) is 32.1 Å². The highest BCUT2D eigenvalue weighted by molar-refractivity contribution is 5.06.